The Morgan fingerprint density at radius 2 is 2.32 bits per heavy atom. The number of carbonyl (C=O) groups is 1. The number of aliphatic carboxylic acids is 1. The van der Waals surface area contributed by atoms with Gasteiger partial charge in [0.15, 0.2) is 0 Å². The molecule has 0 bridgehead atoms. The molecule has 0 aliphatic carbocycles. The fourth-order valence-electron chi connectivity index (χ4n) is 1.99. The number of aromatic nitrogens is 4. The molecule has 0 fully saturated rings. The summed E-state index contributed by atoms with van der Waals surface area (Å²) in [6, 6.07) is 5.11. The van der Waals surface area contributed by atoms with Crippen LogP contribution in [-0.2, 0) is 4.79 Å². The molecule has 19 heavy (non-hydrogen) atoms. The van der Waals surface area contributed by atoms with E-state index in [2.05, 4.69) is 20.4 Å². The lowest BCUT2D eigenvalue weighted by Crippen LogP contribution is -2.24. The van der Waals surface area contributed by atoms with E-state index >= 15 is 0 Å². The first kappa shape index (κ1) is 11.4. The molecule has 7 heteroatoms. The van der Waals surface area contributed by atoms with Gasteiger partial charge in [0.25, 0.3) is 0 Å². The number of anilines is 1. The Hall–Kier alpha value is -2.70. The molecule has 0 spiro atoms. The third-order valence-electron chi connectivity index (χ3n) is 2.79. The van der Waals surface area contributed by atoms with Gasteiger partial charge in [-0.3, -0.25) is 4.98 Å². The standard InChI is InChI=1S/C12H11N5O2/c1-7-14-12-15-9(11(18)19)6-10(17(12)16-7)8-4-2-3-5-13-8/h2-6,10H,1H3,(H,18,19)(H,14,15,16)/t10-/m1/s1. The van der Waals surface area contributed by atoms with E-state index < -0.39 is 5.97 Å². The van der Waals surface area contributed by atoms with E-state index in [9.17, 15) is 4.79 Å². The Morgan fingerprint density at radius 1 is 1.47 bits per heavy atom. The minimum absolute atomic E-state index is 0.0792. The van der Waals surface area contributed by atoms with Crippen LogP contribution in [0.3, 0.4) is 0 Å². The molecule has 0 unspecified atom stereocenters. The minimum atomic E-state index is -1.03. The molecule has 1 aliphatic heterocycles. The molecule has 0 saturated carbocycles. The first-order valence-electron chi connectivity index (χ1n) is 5.71. The van der Waals surface area contributed by atoms with Crippen molar-refractivity contribution in [2.24, 2.45) is 0 Å². The summed E-state index contributed by atoms with van der Waals surface area (Å²) in [6.07, 6.45) is 3.24. The van der Waals surface area contributed by atoms with E-state index in [0.717, 1.165) is 0 Å². The van der Waals surface area contributed by atoms with Gasteiger partial charge in [0.2, 0.25) is 5.95 Å². The zero-order valence-corrected chi connectivity index (χ0v) is 10.1. The first-order valence-corrected chi connectivity index (χ1v) is 5.71. The summed E-state index contributed by atoms with van der Waals surface area (Å²) < 4.78 is 1.63. The lowest BCUT2D eigenvalue weighted by Gasteiger charge is -2.21. The molecular weight excluding hydrogens is 246 g/mol. The number of carboxylic acid groups (broad SMARTS) is 1. The number of aryl methyl sites for hydroxylation is 1. The van der Waals surface area contributed by atoms with E-state index in [-0.39, 0.29) is 11.7 Å². The van der Waals surface area contributed by atoms with Crippen LogP contribution in [0.1, 0.15) is 17.6 Å². The Bertz CT molecular complexity index is 662. The van der Waals surface area contributed by atoms with Crippen LogP contribution < -0.4 is 5.32 Å². The molecule has 0 radical (unpaired) electrons. The highest BCUT2D eigenvalue weighted by Crippen LogP contribution is 2.27. The van der Waals surface area contributed by atoms with Gasteiger partial charge in [0.05, 0.1) is 5.69 Å². The third kappa shape index (κ3) is 1.95. The fourth-order valence-corrected chi connectivity index (χ4v) is 1.99. The molecule has 7 nitrogen and oxygen atoms in total. The summed E-state index contributed by atoms with van der Waals surface area (Å²) in [4.78, 5) is 19.6. The predicted octanol–water partition coefficient (Wildman–Crippen LogP) is 0.965. The number of rotatable bonds is 2. The zero-order chi connectivity index (χ0) is 13.4. The normalized spacial score (nSPS) is 17.3. The molecule has 2 aromatic rings. The van der Waals surface area contributed by atoms with Crippen LogP contribution in [0, 0.1) is 6.92 Å². The monoisotopic (exact) mass is 257 g/mol. The van der Waals surface area contributed by atoms with Crippen LogP contribution in [-0.4, -0.2) is 30.8 Å². The number of carboxylic acids is 1. The highest BCUT2D eigenvalue weighted by atomic mass is 16.4. The Kier molecular flexibility index (Phi) is 2.52. The second kappa shape index (κ2) is 4.20. The maximum atomic E-state index is 11.1. The number of nitrogens with one attached hydrogen (secondary N) is 1. The maximum Gasteiger partial charge on any atom is 0.352 e. The summed E-state index contributed by atoms with van der Waals surface area (Å²) in [6.45, 7) is 1.75. The van der Waals surface area contributed by atoms with Gasteiger partial charge >= 0.3 is 5.97 Å². The van der Waals surface area contributed by atoms with E-state index in [4.69, 9.17) is 5.11 Å². The Labute approximate surface area is 108 Å². The molecule has 1 aliphatic rings. The molecular formula is C12H11N5O2. The quantitative estimate of drug-likeness (QED) is 0.832. The highest BCUT2D eigenvalue weighted by molar-refractivity contribution is 5.90. The van der Waals surface area contributed by atoms with Crippen molar-refractivity contribution < 1.29 is 9.90 Å². The first-order chi connectivity index (χ1) is 9.15. The molecule has 3 rings (SSSR count). The summed E-state index contributed by atoms with van der Waals surface area (Å²) in [5, 5.41) is 16.1. The van der Waals surface area contributed by atoms with Crippen molar-refractivity contribution in [3.63, 3.8) is 0 Å². The largest absolute Gasteiger partial charge is 0.477 e. The summed E-state index contributed by atoms with van der Waals surface area (Å²) in [5.74, 6) is -0.0515. The van der Waals surface area contributed by atoms with Gasteiger partial charge in [-0.1, -0.05) is 6.07 Å². The molecule has 0 aromatic carbocycles. The lowest BCUT2D eigenvalue weighted by molar-refractivity contribution is -0.132. The third-order valence-corrected chi connectivity index (χ3v) is 2.79. The van der Waals surface area contributed by atoms with Crippen LogP contribution >= 0.6 is 0 Å². The average molecular weight is 257 g/mol. The SMILES string of the molecule is Cc1nc2n(n1)[C@@H](c1ccccn1)C=C(C(=O)O)N2. The Balaban J connectivity index is 2.13. The second-order valence-corrected chi connectivity index (χ2v) is 4.14. The predicted molar refractivity (Wildman–Crippen MR) is 66.5 cm³/mol. The molecule has 2 N–H and O–H groups in total. The van der Waals surface area contributed by atoms with Crippen LogP contribution in [0.2, 0.25) is 0 Å². The lowest BCUT2D eigenvalue weighted by atomic mass is 10.1. The van der Waals surface area contributed by atoms with Crippen molar-refractivity contribution in [2.75, 3.05) is 5.32 Å². The zero-order valence-electron chi connectivity index (χ0n) is 10.1. The van der Waals surface area contributed by atoms with Crippen LogP contribution in [0.4, 0.5) is 5.95 Å². The van der Waals surface area contributed by atoms with E-state index in [1.165, 1.54) is 0 Å². The minimum Gasteiger partial charge on any atom is -0.477 e. The van der Waals surface area contributed by atoms with E-state index in [1.807, 2.05) is 12.1 Å². The second-order valence-electron chi connectivity index (χ2n) is 4.14. The fraction of sp³-hybridized carbons (Fsp3) is 0.167. The van der Waals surface area contributed by atoms with Crippen molar-refractivity contribution >= 4 is 11.9 Å². The van der Waals surface area contributed by atoms with Crippen molar-refractivity contribution in [3.8, 4) is 0 Å². The van der Waals surface area contributed by atoms with Gasteiger partial charge in [-0.05, 0) is 25.1 Å². The number of fused-ring (bicyclic) bond motifs is 1. The molecule has 96 valence electrons. The van der Waals surface area contributed by atoms with E-state index in [1.54, 1.807) is 29.9 Å². The topological polar surface area (TPSA) is 92.9 Å². The number of allylic oxidation sites excluding steroid dienone is 1. The van der Waals surface area contributed by atoms with Gasteiger partial charge in [0.1, 0.15) is 17.6 Å². The van der Waals surface area contributed by atoms with Gasteiger partial charge < -0.3 is 10.4 Å². The van der Waals surface area contributed by atoms with Gasteiger partial charge in [-0.2, -0.15) is 10.1 Å². The summed E-state index contributed by atoms with van der Waals surface area (Å²) >= 11 is 0. The number of pyridine rings is 1. The molecule has 3 heterocycles. The van der Waals surface area contributed by atoms with Crippen molar-refractivity contribution in [2.45, 2.75) is 13.0 Å². The van der Waals surface area contributed by atoms with Gasteiger partial charge in [-0.15, -0.1) is 0 Å². The van der Waals surface area contributed by atoms with Crippen LogP contribution in [0.25, 0.3) is 0 Å². The van der Waals surface area contributed by atoms with Crippen LogP contribution in [0.15, 0.2) is 36.2 Å². The highest BCUT2D eigenvalue weighted by Gasteiger charge is 2.26. The number of nitrogens with zero attached hydrogens (tertiary/aromatic N) is 4. The van der Waals surface area contributed by atoms with Crippen molar-refractivity contribution in [1.82, 2.24) is 19.7 Å². The maximum absolute atomic E-state index is 11.1. The molecule has 0 amide bonds. The number of hydrogen-bond acceptors (Lipinski definition) is 5. The summed E-state index contributed by atoms with van der Waals surface area (Å²) in [7, 11) is 0. The number of hydrogen-bond donors (Lipinski definition) is 2. The molecule has 0 saturated heterocycles. The van der Waals surface area contributed by atoms with Crippen molar-refractivity contribution in [3.05, 3.63) is 47.7 Å². The van der Waals surface area contributed by atoms with Crippen molar-refractivity contribution in [1.29, 1.82) is 0 Å². The van der Waals surface area contributed by atoms with Gasteiger partial charge in [-0.25, -0.2) is 9.48 Å². The Morgan fingerprint density at radius 3 is 3.00 bits per heavy atom. The molecule has 1 atom stereocenters. The smallest absolute Gasteiger partial charge is 0.352 e. The van der Waals surface area contributed by atoms with Gasteiger partial charge in [0, 0.05) is 6.20 Å². The molecule has 2 aromatic heterocycles. The summed E-state index contributed by atoms with van der Waals surface area (Å²) in [5.41, 5.74) is 0.796. The van der Waals surface area contributed by atoms with Crippen LogP contribution in [0.5, 0.6) is 0 Å². The van der Waals surface area contributed by atoms with E-state index in [0.29, 0.717) is 17.5 Å². The average Bonchev–Trinajstić information content (AvgIpc) is 2.78.